The summed E-state index contributed by atoms with van der Waals surface area (Å²) in [6.45, 7) is 13.2. The van der Waals surface area contributed by atoms with Gasteiger partial charge in [-0.1, -0.05) is 18.4 Å². The fourth-order valence-electron chi connectivity index (χ4n) is 6.39. The van der Waals surface area contributed by atoms with Crippen LogP contribution in [0.5, 0.6) is 5.88 Å². The van der Waals surface area contributed by atoms with Crippen molar-refractivity contribution in [3.05, 3.63) is 33.3 Å². The number of carbonyl (C=O) groups is 3. The van der Waals surface area contributed by atoms with Crippen LogP contribution in [0.1, 0.15) is 94.8 Å². The van der Waals surface area contributed by atoms with Gasteiger partial charge in [-0.15, -0.1) is 0 Å². The van der Waals surface area contributed by atoms with E-state index in [1.54, 1.807) is 22.5 Å². The number of H-pyrrole nitrogens is 1. The molecule has 2 aromatic rings. The van der Waals surface area contributed by atoms with Crippen molar-refractivity contribution in [3.8, 4) is 5.88 Å². The van der Waals surface area contributed by atoms with E-state index < -0.39 is 22.6 Å². The molecule has 3 N–H and O–H groups in total. The molecular formula is C31H45N6O6+. The van der Waals surface area contributed by atoms with E-state index in [0.29, 0.717) is 43.1 Å². The number of amides is 3. The normalized spacial score (nSPS) is 21.0. The molecule has 0 bridgehead atoms. The summed E-state index contributed by atoms with van der Waals surface area (Å²) in [6, 6.07) is 0.0229. The largest absolute Gasteiger partial charge is 0.477 e. The summed E-state index contributed by atoms with van der Waals surface area (Å²) in [5.74, 6) is -1.07. The number of aromatic nitrogens is 3. The van der Waals surface area contributed by atoms with Crippen LogP contribution in [0.25, 0.3) is 11.7 Å². The molecule has 2 aliphatic heterocycles. The zero-order chi connectivity index (χ0) is 31.3. The van der Waals surface area contributed by atoms with Crippen molar-refractivity contribution in [1.82, 2.24) is 24.7 Å². The number of fused-ring (bicyclic) bond motifs is 1. The van der Waals surface area contributed by atoms with Crippen LogP contribution in [0, 0.1) is 12.8 Å². The van der Waals surface area contributed by atoms with Crippen LogP contribution in [-0.2, 0) is 16.1 Å². The lowest BCUT2D eigenvalue weighted by Crippen LogP contribution is -2.58. The highest BCUT2D eigenvalue weighted by atomic mass is 16.6. The molecule has 3 aliphatic rings. The number of aromatic amines is 1. The van der Waals surface area contributed by atoms with Gasteiger partial charge in [0.15, 0.2) is 0 Å². The van der Waals surface area contributed by atoms with Crippen molar-refractivity contribution in [3.63, 3.8) is 0 Å². The molecule has 1 spiro atoms. The van der Waals surface area contributed by atoms with Crippen LogP contribution in [-0.4, -0.2) is 79.2 Å². The molecule has 1 unspecified atom stereocenters. The number of likely N-dealkylation sites (tertiary alicyclic amines) is 2. The third-order valence-electron chi connectivity index (χ3n) is 8.44. The summed E-state index contributed by atoms with van der Waals surface area (Å²) in [4.78, 5) is 56.6. The lowest BCUT2D eigenvalue weighted by atomic mass is 9.86. The molecule has 1 atom stereocenters. The van der Waals surface area contributed by atoms with Crippen molar-refractivity contribution in [2.45, 2.75) is 104 Å². The zero-order valence-electron chi connectivity index (χ0n) is 26.2. The molecule has 4 heterocycles. The minimum absolute atomic E-state index is 0.0229. The molecule has 3 fully saturated rings. The first-order chi connectivity index (χ1) is 20.2. The van der Waals surface area contributed by atoms with Crippen molar-refractivity contribution in [2.75, 3.05) is 19.6 Å². The van der Waals surface area contributed by atoms with Gasteiger partial charge in [-0.2, -0.15) is 4.57 Å². The first-order valence-electron chi connectivity index (χ1n) is 15.4. The lowest BCUT2D eigenvalue weighted by molar-refractivity contribution is -0.686. The number of hydrogen-bond donors (Lipinski definition) is 3. The average molecular weight is 598 g/mol. The number of aromatic hydroxyl groups is 1. The third-order valence-corrected chi connectivity index (χ3v) is 8.44. The molecule has 234 valence electrons. The Labute approximate surface area is 251 Å². The minimum atomic E-state index is -0.650. The SMILES string of the molecule is Cc1[nH]n2c(=O)c(C(=O)NC3CC3)c(O)[n+](CC(C)C)c2c1/C=C/C(=O)N1CCCC12CCCN(C(=O)OC(C)(C)C)C2. The van der Waals surface area contributed by atoms with Crippen molar-refractivity contribution < 1.29 is 28.8 Å². The predicted octanol–water partition coefficient (Wildman–Crippen LogP) is 2.88. The fourth-order valence-corrected chi connectivity index (χ4v) is 6.39. The molecule has 12 nitrogen and oxygen atoms in total. The monoisotopic (exact) mass is 597 g/mol. The molecule has 5 rings (SSSR count). The summed E-state index contributed by atoms with van der Waals surface area (Å²) < 4.78 is 8.47. The van der Waals surface area contributed by atoms with E-state index in [2.05, 4.69) is 10.4 Å². The summed E-state index contributed by atoms with van der Waals surface area (Å²) >= 11 is 0. The molecule has 0 aromatic carbocycles. The number of piperidine rings is 1. The second-order valence-electron chi connectivity index (χ2n) is 13.7. The van der Waals surface area contributed by atoms with Gasteiger partial charge in [0.1, 0.15) is 5.60 Å². The Hall–Kier alpha value is -3.83. The van der Waals surface area contributed by atoms with E-state index in [0.717, 1.165) is 38.5 Å². The topological polar surface area (TPSA) is 140 Å². The van der Waals surface area contributed by atoms with Crippen molar-refractivity contribution in [2.24, 2.45) is 5.92 Å². The molecule has 0 radical (unpaired) electrons. The maximum absolute atomic E-state index is 13.7. The van der Waals surface area contributed by atoms with Crippen LogP contribution in [0.3, 0.4) is 0 Å². The number of rotatable bonds is 6. The number of hydrogen-bond acceptors (Lipinski definition) is 6. The van der Waals surface area contributed by atoms with Gasteiger partial charge in [0.05, 0.1) is 23.3 Å². The van der Waals surface area contributed by atoms with E-state index >= 15 is 0 Å². The summed E-state index contributed by atoms with van der Waals surface area (Å²) in [5, 5.41) is 17.1. The van der Waals surface area contributed by atoms with E-state index in [-0.39, 0.29) is 35.4 Å². The van der Waals surface area contributed by atoms with Crippen LogP contribution in [0.4, 0.5) is 4.79 Å². The Morgan fingerprint density at radius 1 is 1.19 bits per heavy atom. The first kappa shape index (κ1) is 30.6. The number of nitrogens with zero attached hydrogens (tertiary/aromatic N) is 4. The molecular weight excluding hydrogens is 552 g/mol. The molecule has 43 heavy (non-hydrogen) atoms. The Morgan fingerprint density at radius 2 is 1.86 bits per heavy atom. The molecule has 1 saturated carbocycles. The van der Waals surface area contributed by atoms with Gasteiger partial charge in [-0.3, -0.25) is 9.59 Å². The smallest absolute Gasteiger partial charge is 0.410 e. The molecule has 1 aliphatic carbocycles. The van der Waals surface area contributed by atoms with Gasteiger partial charge >= 0.3 is 23.2 Å². The van der Waals surface area contributed by atoms with Gasteiger partial charge in [0, 0.05) is 31.8 Å². The van der Waals surface area contributed by atoms with Gasteiger partial charge in [0.25, 0.3) is 5.91 Å². The van der Waals surface area contributed by atoms with Crippen molar-refractivity contribution >= 4 is 29.6 Å². The maximum atomic E-state index is 13.7. The highest BCUT2D eigenvalue weighted by Gasteiger charge is 2.47. The van der Waals surface area contributed by atoms with E-state index in [9.17, 15) is 24.3 Å². The van der Waals surface area contributed by atoms with E-state index in [1.807, 2.05) is 39.5 Å². The Bertz CT molecular complexity index is 1530. The number of ether oxygens (including phenoxy) is 1. The summed E-state index contributed by atoms with van der Waals surface area (Å²) in [7, 11) is 0. The summed E-state index contributed by atoms with van der Waals surface area (Å²) in [5.41, 5.74) is -0.442. The van der Waals surface area contributed by atoms with E-state index in [4.69, 9.17) is 4.74 Å². The number of aryl methyl sites for hydroxylation is 1. The second kappa shape index (κ2) is 11.3. The van der Waals surface area contributed by atoms with Crippen LogP contribution < -0.4 is 15.4 Å². The molecule has 2 saturated heterocycles. The van der Waals surface area contributed by atoms with Gasteiger partial charge in [-0.25, -0.2) is 14.7 Å². The van der Waals surface area contributed by atoms with Crippen LogP contribution >= 0.6 is 0 Å². The fraction of sp³-hybridized carbons (Fsp3) is 0.645. The minimum Gasteiger partial charge on any atom is -0.477 e. The molecule has 12 heteroatoms. The second-order valence-corrected chi connectivity index (χ2v) is 13.7. The summed E-state index contributed by atoms with van der Waals surface area (Å²) in [6.07, 6.45) is 7.76. The lowest BCUT2D eigenvalue weighted by Gasteiger charge is -2.45. The standard InChI is InChI=1S/C31H44N6O6/c1-19(2)17-35-26-22(20(3)33-37(26)28(41)24(27(35)40)25(39)32-21-9-10-21)11-12-23(38)36-16-8-14-31(36)13-7-15-34(18-31)29(42)43-30(4,5)6/h11-12,19,21H,7-10,13-18H2,1-6H3,(H2,32,39,40,41)/p+1/b12-11+. The van der Waals surface area contributed by atoms with Crippen LogP contribution in [0.15, 0.2) is 10.9 Å². The number of nitrogens with one attached hydrogen (secondary N) is 2. The van der Waals surface area contributed by atoms with Crippen LogP contribution in [0.2, 0.25) is 0 Å². The Balaban J connectivity index is 1.46. The highest BCUT2D eigenvalue weighted by Crippen LogP contribution is 2.38. The predicted molar refractivity (Wildman–Crippen MR) is 160 cm³/mol. The molecule has 2 aromatic heterocycles. The van der Waals surface area contributed by atoms with Gasteiger partial charge in [0.2, 0.25) is 11.5 Å². The third kappa shape index (κ3) is 6.14. The maximum Gasteiger partial charge on any atom is 0.410 e. The van der Waals surface area contributed by atoms with E-state index in [1.165, 1.54) is 10.6 Å². The first-order valence-corrected chi connectivity index (χ1v) is 15.4. The van der Waals surface area contributed by atoms with Gasteiger partial charge < -0.3 is 25.0 Å². The van der Waals surface area contributed by atoms with Crippen molar-refractivity contribution in [1.29, 1.82) is 0 Å². The Morgan fingerprint density at radius 3 is 2.49 bits per heavy atom. The zero-order valence-corrected chi connectivity index (χ0v) is 26.2. The van der Waals surface area contributed by atoms with Gasteiger partial charge in [-0.05, 0) is 78.2 Å². The molecule has 3 amide bonds. The Kier molecular flexibility index (Phi) is 8.08. The average Bonchev–Trinajstić information content (AvgIpc) is 3.54. The quantitative estimate of drug-likeness (QED) is 0.346. The highest BCUT2D eigenvalue weighted by molar-refractivity contribution is 5.96. The number of carbonyl (C=O) groups excluding carboxylic acids is 3.